The van der Waals surface area contributed by atoms with Gasteiger partial charge in [-0.15, -0.1) is 0 Å². The van der Waals surface area contributed by atoms with Crippen LogP contribution >= 0.6 is 34.2 Å². The summed E-state index contributed by atoms with van der Waals surface area (Å²) < 4.78 is 13.7. The minimum Gasteiger partial charge on any atom is -0.497 e. The fourth-order valence-corrected chi connectivity index (χ4v) is 12.6. The van der Waals surface area contributed by atoms with Crippen molar-refractivity contribution in [3.63, 3.8) is 0 Å². The predicted molar refractivity (Wildman–Crippen MR) is 188 cm³/mol. The van der Waals surface area contributed by atoms with Gasteiger partial charge in [0.25, 0.3) is 5.91 Å². The Morgan fingerprint density at radius 1 is 1.13 bits per heavy atom. The molecule has 238 valence electrons. The van der Waals surface area contributed by atoms with Crippen LogP contribution in [-0.2, 0) is 26.5 Å². The molecule has 7 nitrogen and oxygen atoms in total. The van der Waals surface area contributed by atoms with E-state index >= 15 is 0 Å². The molecule has 3 aliphatic rings. The minimum atomic E-state index is -2.41. The number of aliphatic hydroxyl groups is 1. The smallest absolute Gasteiger partial charge is 0.264 e. The van der Waals surface area contributed by atoms with Gasteiger partial charge in [-0.25, -0.2) is 0 Å². The summed E-state index contributed by atoms with van der Waals surface area (Å²) >= 11 is 8.90. The van der Waals surface area contributed by atoms with Gasteiger partial charge in [-0.3, -0.25) is 9.59 Å². The summed E-state index contributed by atoms with van der Waals surface area (Å²) in [6, 6.07) is 21.8. The van der Waals surface area contributed by atoms with Crippen LogP contribution in [0, 0.1) is 9.49 Å². The number of ether oxygens (including phenoxy) is 2. The third-order valence-electron chi connectivity index (χ3n) is 10.3. The van der Waals surface area contributed by atoms with E-state index in [1.54, 1.807) is 7.11 Å². The second kappa shape index (κ2) is 12.6. The fourth-order valence-electron chi connectivity index (χ4n) is 8.06. The summed E-state index contributed by atoms with van der Waals surface area (Å²) in [5, 5.41) is 11.7. The topological polar surface area (TPSA) is 79.3 Å². The van der Waals surface area contributed by atoms with Crippen LogP contribution in [0.25, 0.3) is 0 Å². The Kier molecular flexibility index (Phi) is 9.12. The van der Waals surface area contributed by atoms with Crippen LogP contribution in [0.4, 0.5) is 5.69 Å². The zero-order chi connectivity index (χ0) is 32.1. The van der Waals surface area contributed by atoms with Crippen LogP contribution in [-0.4, -0.2) is 62.3 Å². The van der Waals surface area contributed by atoms with Gasteiger partial charge >= 0.3 is 0 Å². The molecule has 3 aliphatic heterocycles. The number of fused-ring (bicyclic) bond motifs is 2. The van der Waals surface area contributed by atoms with E-state index in [0.29, 0.717) is 18.1 Å². The van der Waals surface area contributed by atoms with E-state index in [-0.39, 0.29) is 42.3 Å². The minimum absolute atomic E-state index is 0.0298. The maximum Gasteiger partial charge on any atom is 0.264 e. The Morgan fingerprint density at radius 2 is 1.84 bits per heavy atom. The van der Waals surface area contributed by atoms with Gasteiger partial charge in [0, 0.05) is 26.6 Å². The van der Waals surface area contributed by atoms with Gasteiger partial charge in [-0.05, 0) is 89.0 Å². The van der Waals surface area contributed by atoms with Crippen LogP contribution in [0.15, 0.2) is 66.7 Å². The lowest BCUT2D eigenvalue weighted by Gasteiger charge is -2.37. The normalized spacial score (nSPS) is 26.2. The summed E-state index contributed by atoms with van der Waals surface area (Å²) in [6.07, 6.45) is 1.32. The molecule has 5 atom stereocenters. The first-order chi connectivity index (χ1) is 21.5. The quantitative estimate of drug-likeness (QED) is 0.223. The molecule has 0 saturated carbocycles. The lowest BCUT2D eigenvalue weighted by Crippen LogP contribution is -2.52. The second-order valence-electron chi connectivity index (χ2n) is 13.1. The van der Waals surface area contributed by atoms with Crippen LogP contribution in [0.1, 0.15) is 37.3 Å². The molecule has 0 bridgehead atoms. The lowest BCUT2D eigenvalue weighted by atomic mass is 9.82. The Balaban J connectivity index is 1.44. The first-order valence-electron chi connectivity index (χ1n) is 15.6. The molecule has 0 radical (unpaired) electrons. The Hall–Kier alpha value is -2.44. The van der Waals surface area contributed by atoms with E-state index in [1.807, 2.05) is 64.4 Å². The third kappa shape index (κ3) is 5.62. The number of hydrogen-bond acceptors (Lipinski definition) is 5. The van der Waals surface area contributed by atoms with Crippen LogP contribution in [0.2, 0.25) is 23.7 Å². The lowest BCUT2D eigenvalue weighted by molar-refractivity contribution is -0.150. The second-order valence-corrected chi connectivity index (χ2v) is 19.5. The number of rotatable bonds is 8. The molecule has 1 spiro atoms. The summed E-state index contributed by atoms with van der Waals surface area (Å²) in [6.45, 7) is 7.72. The summed E-state index contributed by atoms with van der Waals surface area (Å²) in [5.74, 6) is 0.405. The highest BCUT2D eigenvalue weighted by atomic mass is 127. The number of nitrogens with zero attached hydrogens (tertiary/aromatic N) is 2. The van der Waals surface area contributed by atoms with Gasteiger partial charge in [-0.2, -0.15) is 0 Å². The summed E-state index contributed by atoms with van der Waals surface area (Å²) in [4.78, 5) is 32.4. The third-order valence-corrected chi connectivity index (χ3v) is 15.6. The van der Waals surface area contributed by atoms with Gasteiger partial charge < -0.3 is 24.4 Å². The number of carbonyl (C=O) groups excluding carboxylic acids is 2. The van der Waals surface area contributed by atoms with Crippen molar-refractivity contribution in [2.75, 3.05) is 25.2 Å². The van der Waals surface area contributed by atoms with Gasteiger partial charge in [0.15, 0.2) is 5.60 Å². The van der Waals surface area contributed by atoms with Crippen molar-refractivity contribution in [2.24, 2.45) is 5.92 Å². The molecule has 3 heterocycles. The van der Waals surface area contributed by atoms with Crippen molar-refractivity contribution in [3.05, 3.63) is 86.4 Å². The Labute approximate surface area is 285 Å². The number of amides is 2. The van der Waals surface area contributed by atoms with Crippen LogP contribution < -0.4 is 14.8 Å². The highest BCUT2D eigenvalue weighted by Gasteiger charge is 2.66. The number of benzene rings is 3. The van der Waals surface area contributed by atoms with Crippen molar-refractivity contribution in [3.8, 4) is 5.75 Å². The molecule has 3 aromatic carbocycles. The molecule has 0 unspecified atom stereocenters. The number of hydrogen-bond donors (Lipinski definition) is 1. The number of carbonyl (C=O) groups is 2. The SMILES string of the molecule is COc1ccc([Si](C)(C)[C@H]2[C@H](CC(=O)N3CCC[C@H]3CO)O[C@@]3(C(=O)N(Cc4ccc(I)cc4)c4ccc(Cl)cc43)[C@@H]2C)cc1. The molecule has 6 rings (SSSR count). The molecule has 0 aromatic heterocycles. The molecule has 3 aromatic rings. The molecule has 2 saturated heterocycles. The Morgan fingerprint density at radius 3 is 2.51 bits per heavy atom. The predicted octanol–water partition coefficient (Wildman–Crippen LogP) is 6.09. The van der Waals surface area contributed by atoms with Crippen molar-refractivity contribution >= 4 is 65.0 Å². The summed E-state index contributed by atoms with van der Waals surface area (Å²) in [7, 11) is -0.749. The van der Waals surface area contributed by atoms with Crippen molar-refractivity contribution in [1.29, 1.82) is 0 Å². The molecular weight excluding hydrogens is 719 g/mol. The van der Waals surface area contributed by atoms with E-state index in [9.17, 15) is 14.7 Å². The monoisotopic (exact) mass is 758 g/mol. The van der Waals surface area contributed by atoms with Gasteiger partial charge in [-0.1, -0.05) is 61.1 Å². The van der Waals surface area contributed by atoms with Gasteiger partial charge in [0.1, 0.15) is 5.75 Å². The van der Waals surface area contributed by atoms with Gasteiger partial charge in [0.2, 0.25) is 5.91 Å². The molecule has 2 fully saturated rings. The molecule has 45 heavy (non-hydrogen) atoms. The molecule has 10 heteroatoms. The summed E-state index contributed by atoms with van der Waals surface area (Å²) in [5.41, 5.74) is 1.24. The maximum absolute atomic E-state index is 14.9. The number of anilines is 1. The molecule has 0 aliphatic carbocycles. The largest absolute Gasteiger partial charge is 0.497 e. The Bertz CT molecular complexity index is 1590. The van der Waals surface area contributed by atoms with Crippen LogP contribution in [0.3, 0.4) is 0 Å². The number of likely N-dealkylation sites (tertiary alicyclic amines) is 1. The first-order valence-corrected chi connectivity index (χ1v) is 20.1. The average molecular weight is 759 g/mol. The van der Waals surface area contributed by atoms with Crippen molar-refractivity contribution < 1.29 is 24.2 Å². The van der Waals surface area contributed by atoms with Crippen molar-refractivity contribution in [2.45, 2.75) is 69.1 Å². The van der Waals surface area contributed by atoms with Crippen LogP contribution in [0.5, 0.6) is 5.75 Å². The zero-order valence-electron chi connectivity index (χ0n) is 26.1. The standard InChI is InChI=1S/C35H40ClIN2O5Si/c1-22-33(45(3,4)28-14-12-27(43-2)13-15-28)31(19-32(41)38-17-5-6-26(38)21-40)44-35(22)29-18-24(36)9-16-30(29)39(34(35)42)20-23-7-10-25(37)11-8-23/h7-16,18,22,26,31,33,40H,5-6,17,19-21H2,1-4H3/t22-,26+,31+,33-,35+/m1/s1. The average Bonchev–Trinajstić information content (AvgIpc) is 3.69. The van der Waals surface area contributed by atoms with E-state index in [0.717, 1.165) is 39.0 Å². The van der Waals surface area contributed by atoms with E-state index in [1.165, 1.54) is 5.19 Å². The van der Waals surface area contributed by atoms with E-state index in [2.05, 4.69) is 54.7 Å². The number of methoxy groups -OCH3 is 1. The highest BCUT2D eigenvalue weighted by molar-refractivity contribution is 14.1. The zero-order valence-corrected chi connectivity index (χ0v) is 30.0. The maximum atomic E-state index is 14.9. The highest BCUT2D eigenvalue weighted by Crippen LogP contribution is 2.60. The molecule has 1 N–H and O–H groups in total. The molecule has 2 amide bonds. The fraction of sp³-hybridized carbons (Fsp3) is 0.429. The first kappa shape index (κ1) is 32.5. The van der Waals surface area contributed by atoms with Crippen molar-refractivity contribution in [1.82, 2.24) is 4.90 Å². The molecular formula is C35H40ClIN2O5Si. The number of aliphatic hydroxyl groups excluding tert-OH is 1. The van der Waals surface area contributed by atoms with E-state index in [4.69, 9.17) is 21.1 Å². The van der Waals surface area contributed by atoms with E-state index < -0.39 is 19.8 Å². The van der Waals surface area contributed by atoms with Gasteiger partial charge in [0.05, 0.1) is 52.6 Å². The number of halogens is 2.